The van der Waals surface area contributed by atoms with Crippen molar-refractivity contribution in [3.63, 3.8) is 0 Å². The molecule has 0 aromatic heterocycles. The third-order valence-electron chi connectivity index (χ3n) is 3.77. The van der Waals surface area contributed by atoms with E-state index in [0.29, 0.717) is 0 Å². The van der Waals surface area contributed by atoms with Crippen LogP contribution >= 0.6 is 0 Å². The molecule has 1 aliphatic rings. The molecule has 0 heterocycles. The van der Waals surface area contributed by atoms with Gasteiger partial charge in [0.25, 0.3) is 0 Å². The van der Waals surface area contributed by atoms with E-state index in [2.05, 4.69) is 48.6 Å². The number of hydrogen-bond acceptors (Lipinski definition) is 2. The normalized spacial score (nSPS) is 21.2. The van der Waals surface area contributed by atoms with E-state index in [9.17, 15) is 0 Å². The van der Waals surface area contributed by atoms with Crippen LogP contribution in [-0.4, -0.2) is 13.2 Å². The fourth-order valence-corrected chi connectivity index (χ4v) is 2.87. The van der Waals surface area contributed by atoms with Gasteiger partial charge in [-0.3, -0.25) is 0 Å². The quantitative estimate of drug-likeness (QED) is 0.906. The highest BCUT2D eigenvalue weighted by molar-refractivity contribution is 5.37. The summed E-state index contributed by atoms with van der Waals surface area (Å²) in [5, 5.41) is 3.38. The largest absolute Gasteiger partial charge is 0.488 e. The van der Waals surface area contributed by atoms with E-state index in [0.717, 1.165) is 12.2 Å². The average Bonchev–Trinajstić information content (AvgIpc) is 2.75. The zero-order chi connectivity index (χ0) is 13.2. The minimum atomic E-state index is 0.171. The lowest BCUT2D eigenvalue weighted by molar-refractivity contribution is 0.171. The summed E-state index contributed by atoms with van der Waals surface area (Å²) in [5.41, 5.74) is 3.98. The fourth-order valence-electron chi connectivity index (χ4n) is 2.87. The molecule has 2 unspecified atom stereocenters. The second kappa shape index (κ2) is 5.06. The van der Waals surface area contributed by atoms with Gasteiger partial charge in [-0.2, -0.15) is 0 Å². The van der Waals surface area contributed by atoms with Crippen LogP contribution in [0.4, 0.5) is 0 Å². The van der Waals surface area contributed by atoms with E-state index < -0.39 is 0 Å². The molecule has 2 aromatic carbocycles. The number of nitrogens with one attached hydrogen (secondary N) is 1. The maximum Gasteiger partial charge on any atom is 0.122 e. The maximum atomic E-state index is 6.18. The van der Waals surface area contributed by atoms with Crippen molar-refractivity contribution in [1.82, 2.24) is 5.32 Å². The van der Waals surface area contributed by atoms with Crippen molar-refractivity contribution in [3.8, 4) is 5.75 Å². The number of aryl methyl sites for hydroxylation is 1. The van der Waals surface area contributed by atoms with Crippen LogP contribution in [0.3, 0.4) is 0 Å². The molecule has 1 aliphatic carbocycles. The van der Waals surface area contributed by atoms with E-state index in [1.54, 1.807) is 0 Å². The summed E-state index contributed by atoms with van der Waals surface area (Å²) in [5.74, 6) is 0.957. The van der Waals surface area contributed by atoms with Gasteiger partial charge < -0.3 is 10.1 Å². The molecular weight excluding hydrogens is 234 g/mol. The topological polar surface area (TPSA) is 21.3 Å². The third-order valence-corrected chi connectivity index (χ3v) is 3.77. The third kappa shape index (κ3) is 2.36. The second-order valence-corrected chi connectivity index (χ2v) is 5.14. The molecule has 3 rings (SSSR count). The van der Waals surface area contributed by atoms with Crippen molar-refractivity contribution in [2.24, 2.45) is 0 Å². The zero-order valence-electron chi connectivity index (χ0n) is 11.4. The first kappa shape index (κ1) is 12.2. The van der Waals surface area contributed by atoms with Gasteiger partial charge in [0.1, 0.15) is 11.9 Å². The lowest BCUT2D eigenvalue weighted by Crippen LogP contribution is -2.30. The molecule has 0 spiro atoms. The summed E-state index contributed by atoms with van der Waals surface area (Å²) in [6.45, 7) is 2.09. The molecule has 2 heteroatoms. The SMILES string of the molecule is CNC1c2ccccc2CC1Oc1cccc(C)c1. The van der Waals surface area contributed by atoms with Gasteiger partial charge in [-0.05, 0) is 42.8 Å². The first-order valence-electron chi connectivity index (χ1n) is 6.76. The van der Waals surface area contributed by atoms with Gasteiger partial charge in [0.05, 0.1) is 6.04 Å². The van der Waals surface area contributed by atoms with Crippen LogP contribution in [0.2, 0.25) is 0 Å². The number of fused-ring (bicyclic) bond motifs is 1. The van der Waals surface area contributed by atoms with Gasteiger partial charge in [-0.1, -0.05) is 36.4 Å². The van der Waals surface area contributed by atoms with Gasteiger partial charge >= 0.3 is 0 Å². The average molecular weight is 253 g/mol. The van der Waals surface area contributed by atoms with E-state index in [4.69, 9.17) is 4.74 Å². The zero-order valence-corrected chi connectivity index (χ0v) is 11.4. The molecule has 0 amide bonds. The lowest BCUT2D eigenvalue weighted by atomic mass is 10.1. The van der Waals surface area contributed by atoms with Crippen molar-refractivity contribution >= 4 is 0 Å². The summed E-state index contributed by atoms with van der Waals surface area (Å²) >= 11 is 0. The summed E-state index contributed by atoms with van der Waals surface area (Å²) in [6, 6.07) is 17.1. The monoisotopic (exact) mass is 253 g/mol. The van der Waals surface area contributed by atoms with Crippen molar-refractivity contribution in [2.45, 2.75) is 25.5 Å². The second-order valence-electron chi connectivity index (χ2n) is 5.14. The highest BCUT2D eigenvalue weighted by atomic mass is 16.5. The predicted molar refractivity (Wildman–Crippen MR) is 77.5 cm³/mol. The van der Waals surface area contributed by atoms with Crippen molar-refractivity contribution < 1.29 is 4.74 Å². The number of likely N-dealkylation sites (N-methyl/N-ethyl adjacent to an activating group) is 1. The molecule has 2 aromatic rings. The van der Waals surface area contributed by atoms with Gasteiger partial charge in [0, 0.05) is 6.42 Å². The Morgan fingerprint density at radius 1 is 1.11 bits per heavy atom. The Kier molecular flexibility index (Phi) is 3.26. The van der Waals surface area contributed by atoms with Crippen LogP contribution < -0.4 is 10.1 Å². The van der Waals surface area contributed by atoms with E-state index >= 15 is 0 Å². The van der Waals surface area contributed by atoms with Crippen LogP contribution in [0.1, 0.15) is 22.7 Å². The molecule has 0 saturated carbocycles. The summed E-state index contributed by atoms with van der Waals surface area (Å²) < 4.78 is 6.18. The Labute approximate surface area is 114 Å². The molecule has 1 N–H and O–H groups in total. The smallest absolute Gasteiger partial charge is 0.122 e. The Morgan fingerprint density at radius 3 is 2.74 bits per heavy atom. The molecule has 2 nitrogen and oxygen atoms in total. The molecule has 0 aliphatic heterocycles. The maximum absolute atomic E-state index is 6.18. The van der Waals surface area contributed by atoms with Crippen molar-refractivity contribution in [2.75, 3.05) is 7.05 Å². The van der Waals surface area contributed by atoms with Crippen LogP contribution in [0.15, 0.2) is 48.5 Å². The summed E-state index contributed by atoms with van der Waals surface area (Å²) in [6.07, 6.45) is 1.14. The minimum Gasteiger partial charge on any atom is -0.488 e. The molecule has 0 radical (unpaired) electrons. The standard InChI is InChI=1S/C17H19NO/c1-12-6-5-8-14(10-12)19-16-11-13-7-3-4-9-15(13)17(16)18-2/h3-10,16-18H,11H2,1-2H3. The van der Waals surface area contributed by atoms with Crippen LogP contribution in [-0.2, 0) is 6.42 Å². The first-order chi connectivity index (χ1) is 9.28. The van der Waals surface area contributed by atoms with E-state index in [1.807, 2.05) is 19.2 Å². The van der Waals surface area contributed by atoms with Crippen LogP contribution in [0.5, 0.6) is 5.75 Å². The van der Waals surface area contributed by atoms with Crippen LogP contribution in [0.25, 0.3) is 0 Å². The first-order valence-corrected chi connectivity index (χ1v) is 6.76. The fraction of sp³-hybridized carbons (Fsp3) is 0.294. The number of hydrogen-bond donors (Lipinski definition) is 1. The van der Waals surface area contributed by atoms with Crippen molar-refractivity contribution in [3.05, 3.63) is 65.2 Å². The minimum absolute atomic E-state index is 0.171. The Hall–Kier alpha value is -1.80. The molecular formula is C17H19NO. The van der Waals surface area contributed by atoms with Gasteiger partial charge in [0.15, 0.2) is 0 Å². The van der Waals surface area contributed by atoms with Crippen LogP contribution in [0, 0.1) is 6.92 Å². The predicted octanol–water partition coefficient (Wildman–Crippen LogP) is 3.26. The Balaban J connectivity index is 1.83. The van der Waals surface area contributed by atoms with Gasteiger partial charge in [0.2, 0.25) is 0 Å². The van der Waals surface area contributed by atoms with Gasteiger partial charge in [-0.15, -0.1) is 0 Å². The number of benzene rings is 2. The Bertz CT molecular complexity index is 579. The molecule has 0 fully saturated rings. The van der Waals surface area contributed by atoms with Crippen molar-refractivity contribution in [1.29, 1.82) is 0 Å². The lowest BCUT2D eigenvalue weighted by Gasteiger charge is -2.21. The Morgan fingerprint density at radius 2 is 1.95 bits per heavy atom. The summed E-state index contributed by atoms with van der Waals surface area (Å²) in [4.78, 5) is 0. The highest BCUT2D eigenvalue weighted by Gasteiger charge is 2.32. The van der Waals surface area contributed by atoms with E-state index in [-0.39, 0.29) is 12.1 Å². The summed E-state index contributed by atoms with van der Waals surface area (Å²) in [7, 11) is 2.00. The highest BCUT2D eigenvalue weighted by Crippen LogP contribution is 2.33. The van der Waals surface area contributed by atoms with E-state index in [1.165, 1.54) is 16.7 Å². The molecule has 19 heavy (non-hydrogen) atoms. The van der Waals surface area contributed by atoms with Gasteiger partial charge in [-0.25, -0.2) is 0 Å². The number of ether oxygens (including phenoxy) is 1. The molecule has 0 saturated heterocycles. The molecule has 98 valence electrons. The molecule has 2 atom stereocenters. The number of rotatable bonds is 3. The molecule has 0 bridgehead atoms.